The number of nitrogens with one attached hydrogen (secondary N) is 1. The molecule has 1 aliphatic rings. The van der Waals surface area contributed by atoms with Gasteiger partial charge in [-0.05, 0) is 78.9 Å². The Hall–Kier alpha value is -3.06. The van der Waals surface area contributed by atoms with Gasteiger partial charge >= 0.3 is 0 Å². The molecule has 0 saturated carbocycles. The van der Waals surface area contributed by atoms with Gasteiger partial charge in [-0.1, -0.05) is 29.3 Å². The van der Waals surface area contributed by atoms with E-state index in [4.69, 9.17) is 39.8 Å². The Morgan fingerprint density at radius 1 is 0.969 bits per heavy atom. The molecule has 8 heteroatoms. The van der Waals surface area contributed by atoms with Gasteiger partial charge in [0, 0.05) is 17.4 Å². The molecule has 0 radical (unpaired) electrons. The first kappa shape index (κ1) is 20.8. The van der Waals surface area contributed by atoms with Crippen LogP contribution in [0.1, 0.15) is 23.5 Å². The SMILES string of the molecule is Oc1ccc(N2C(=S)N[C@H](c3ccccn3)[C@@H]2c2ccc(-c3ccc(Cl)c(Cl)c3)o2)cc1. The number of rotatable bonds is 4. The summed E-state index contributed by atoms with van der Waals surface area (Å²) in [7, 11) is 0. The number of phenolic OH excluding ortho intramolecular Hbond substituents is 1. The lowest BCUT2D eigenvalue weighted by Crippen LogP contribution is -2.29. The molecule has 5 nitrogen and oxygen atoms in total. The van der Waals surface area contributed by atoms with Crippen molar-refractivity contribution in [2.75, 3.05) is 4.90 Å². The number of anilines is 1. The second kappa shape index (κ2) is 8.47. The lowest BCUT2D eigenvalue weighted by Gasteiger charge is -2.26. The Morgan fingerprint density at radius 2 is 1.78 bits per heavy atom. The number of phenols is 1. The van der Waals surface area contributed by atoms with Crippen molar-refractivity contribution >= 4 is 46.2 Å². The third-order valence-corrected chi connectivity index (χ3v) is 6.40. The highest BCUT2D eigenvalue weighted by Crippen LogP contribution is 2.43. The van der Waals surface area contributed by atoms with Gasteiger partial charge < -0.3 is 19.7 Å². The molecule has 2 N–H and O–H groups in total. The number of thiocarbonyl (C=S) groups is 1. The van der Waals surface area contributed by atoms with Gasteiger partial charge in [-0.3, -0.25) is 4.98 Å². The van der Waals surface area contributed by atoms with Gasteiger partial charge in [0.15, 0.2) is 5.11 Å². The van der Waals surface area contributed by atoms with Crippen LogP contribution in [0.15, 0.2) is 83.4 Å². The molecule has 2 atom stereocenters. The number of nitrogens with zero attached hydrogens (tertiary/aromatic N) is 2. The van der Waals surface area contributed by atoms with Crippen LogP contribution in [0.2, 0.25) is 10.0 Å². The fourth-order valence-corrected chi connectivity index (χ4v) is 4.50. The van der Waals surface area contributed by atoms with E-state index in [1.165, 1.54) is 0 Å². The molecule has 4 aromatic rings. The van der Waals surface area contributed by atoms with E-state index in [0.29, 0.717) is 26.7 Å². The van der Waals surface area contributed by atoms with E-state index < -0.39 is 0 Å². The van der Waals surface area contributed by atoms with Gasteiger partial charge in [0.25, 0.3) is 0 Å². The smallest absolute Gasteiger partial charge is 0.174 e. The predicted molar refractivity (Wildman–Crippen MR) is 130 cm³/mol. The van der Waals surface area contributed by atoms with Crippen LogP contribution in [0.5, 0.6) is 5.75 Å². The maximum atomic E-state index is 9.73. The summed E-state index contributed by atoms with van der Waals surface area (Å²) in [6.45, 7) is 0. The monoisotopic (exact) mass is 481 g/mol. The molecular formula is C24H17Cl2N3O2S. The lowest BCUT2D eigenvalue weighted by atomic mass is 10.0. The second-order valence-electron chi connectivity index (χ2n) is 7.34. The van der Waals surface area contributed by atoms with Crippen LogP contribution < -0.4 is 10.2 Å². The predicted octanol–water partition coefficient (Wildman–Crippen LogP) is 6.53. The highest BCUT2D eigenvalue weighted by atomic mass is 35.5. The summed E-state index contributed by atoms with van der Waals surface area (Å²) in [5.41, 5.74) is 2.49. The minimum Gasteiger partial charge on any atom is -0.508 e. The van der Waals surface area contributed by atoms with Crippen molar-refractivity contribution < 1.29 is 9.52 Å². The summed E-state index contributed by atoms with van der Waals surface area (Å²) < 4.78 is 6.30. The highest BCUT2D eigenvalue weighted by Gasteiger charge is 2.42. The summed E-state index contributed by atoms with van der Waals surface area (Å²) in [5.74, 6) is 1.56. The summed E-state index contributed by atoms with van der Waals surface area (Å²) >= 11 is 18.0. The van der Waals surface area contributed by atoms with E-state index >= 15 is 0 Å². The zero-order valence-corrected chi connectivity index (χ0v) is 18.9. The van der Waals surface area contributed by atoms with Crippen molar-refractivity contribution in [3.05, 3.63) is 100 Å². The number of pyridine rings is 1. The van der Waals surface area contributed by atoms with Crippen LogP contribution in [0.25, 0.3) is 11.3 Å². The van der Waals surface area contributed by atoms with E-state index in [0.717, 1.165) is 16.9 Å². The van der Waals surface area contributed by atoms with E-state index in [1.54, 1.807) is 30.5 Å². The molecule has 0 spiro atoms. The number of furan rings is 1. The van der Waals surface area contributed by atoms with Crippen LogP contribution in [0.3, 0.4) is 0 Å². The molecular weight excluding hydrogens is 465 g/mol. The molecule has 0 unspecified atom stereocenters. The first-order chi connectivity index (χ1) is 15.5. The van der Waals surface area contributed by atoms with Gasteiger partial charge in [-0.25, -0.2) is 0 Å². The van der Waals surface area contributed by atoms with E-state index in [2.05, 4.69) is 10.3 Å². The molecule has 2 aromatic heterocycles. The quantitative estimate of drug-likeness (QED) is 0.323. The molecule has 1 fully saturated rings. The van der Waals surface area contributed by atoms with Crippen molar-refractivity contribution in [2.24, 2.45) is 0 Å². The first-order valence-electron chi connectivity index (χ1n) is 9.86. The summed E-state index contributed by atoms with van der Waals surface area (Å²) in [5, 5.41) is 14.6. The van der Waals surface area contributed by atoms with Crippen LogP contribution in [-0.4, -0.2) is 15.2 Å². The second-order valence-corrected chi connectivity index (χ2v) is 8.55. The zero-order valence-electron chi connectivity index (χ0n) is 16.6. The Morgan fingerprint density at radius 3 is 2.50 bits per heavy atom. The van der Waals surface area contributed by atoms with Crippen LogP contribution in [-0.2, 0) is 0 Å². The number of benzene rings is 2. The largest absolute Gasteiger partial charge is 0.508 e. The maximum Gasteiger partial charge on any atom is 0.174 e. The summed E-state index contributed by atoms with van der Waals surface area (Å²) in [6.07, 6.45) is 1.75. The highest BCUT2D eigenvalue weighted by molar-refractivity contribution is 7.80. The van der Waals surface area contributed by atoms with E-state index in [9.17, 15) is 5.11 Å². The molecule has 32 heavy (non-hydrogen) atoms. The Labute approximate surface area is 200 Å². The average Bonchev–Trinajstić information content (AvgIpc) is 3.41. The minimum absolute atomic E-state index is 0.185. The van der Waals surface area contributed by atoms with Crippen LogP contribution in [0.4, 0.5) is 5.69 Å². The third-order valence-electron chi connectivity index (χ3n) is 5.35. The van der Waals surface area contributed by atoms with Crippen molar-refractivity contribution in [1.82, 2.24) is 10.3 Å². The molecule has 5 rings (SSSR count). The molecule has 1 aliphatic heterocycles. The van der Waals surface area contributed by atoms with E-state index in [1.807, 2.05) is 53.4 Å². The van der Waals surface area contributed by atoms with Gasteiger partial charge in [0.1, 0.15) is 23.3 Å². The number of hydrogen-bond donors (Lipinski definition) is 2. The number of aromatic hydroxyl groups is 1. The van der Waals surface area contributed by atoms with Crippen molar-refractivity contribution in [3.63, 3.8) is 0 Å². The third kappa shape index (κ3) is 3.81. The maximum absolute atomic E-state index is 9.73. The molecule has 0 amide bonds. The van der Waals surface area contributed by atoms with Gasteiger partial charge in [-0.15, -0.1) is 0 Å². The van der Waals surface area contributed by atoms with Gasteiger partial charge in [0.2, 0.25) is 0 Å². The standard InChI is InChI=1S/C24H17Cl2N3O2S/c25-17-9-4-14(13-18(17)26)20-10-11-21(31-20)23-22(19-3-1-2-12-27-19)28-24(32)29(23)15-5-7-16(30)8-6-15/h1-13,22-23,30H,(H,28,32)/t22-,23+/m1/s1. The molecule has 3 heterocycles. The molecule has 0 bridgehead atoms. The zero-order chi connectivity index (χ0) is 22.2. The average molecular weight is 482 g/mol. The van der Waals surface area contributed by atoms with Crippen molar-refractivity contribution in [1.29, 1.82) is 0 Å². The fraction of sp³-hybridized carbons (Fsp3) is 0.0833. The lowest BCUT2D eigenvalue weighted by molar-refractivity contribution is 0.439. The van der Waals surface area contributed by atoms with Crippen molar-refractivity contribution in [2.45, 2.75) is 12.1 Å². The summed E-state index contributed by atoms with van der Waals surface area (Å²) in [6, 6.07) is 21.4. The Bertz CT molecular complexity index is 1280. The molecule has 160 valence electrons. The normalized spacial score (nSPS) is 18.1. The molecule has 2 aromatic carbocycles. The summed E-state index contributed by atoms with van der Waals surface area (Å²) in [4.78, 5) is 6.51. The first-order valence-corrected chi connectivity index (χ1v) is 11.0. The molecule has 1 saturated heterocycles. The van der Waals surface area contributed by atoms with E-state index in [-0.39, 0.29) is 17.8 Å². The Balaban J connectivity index is 1.59. The molecule has 0 aliphatic carbocycles. The van der Waals surface area contributed by atoms with Gasteiger partial charge in [0.05, 0.1) is 21.8 Å². The number of halogens is 2. The van der Waals surface area contributed by atoms with Gasteiger partial charge in [-0.2, -0.15) is 0 Å². The van der Waals surface area contributed by atoms with Crippen LogP contribution >= 0.6 is 35.4 Å². The van der Waals surface area contributed by atoms with Crippen molar-refractivity contribution in [3.8, 4) is 17.1 Å². The Kier molecular flexibility index (Phi) is 5.51. The topological polar surface area (TPSA) is 61.5 Å². The fourth-order valence-electron chi connectivity index (χ4n) is 3.85. The number of hydrogen-bond acceptors (Lipinski definition) is 4. The minimum atomic E-state index is -0.293. The number of aromatic nitrogens is 1. The van der Waals surface area contributed by atoms with Crippen LogP contribution in [0, 0.1) is 0 Å².